The molecule has 7 heteroatoms. The van der Waals surface area contributed by atoms with Crippen LogP contribution in [0.3, 0.4) is 0 Å². The third kappa shape index (κ3) is 6.76. The van der Waals surface area contributed by atoms with E-state index in [-0.39, 0.29) is 29.7 Å². The quantitative estimate of drug-likeness (QED) is 0.261. The zero-order valence-electron chi connectivity index (χ0n) is 25.6. The Balaban J connectivity index is 1.42. The molecular weight excluding hydrogens is 545 g/mol. The van der Waals surface area contributed by atoms with Crippen molar-refractivity contribution in [3.05, 3.63) is 106 Å². The first kappa shape index (κ1) is 30.3. The number of ether oxygens (including phenoxy) is 3. The van der Waals surface area contributed by atoms with Crippen LogP contribution in [0.1, 0.15) is 97.1 Å². The lowest BCUT2D eigenvalue weighted by molar-refractivity contribution is 0.0140. The van der Waals surface area contributed by atoms with Gasteiger partial charge in [-0.15, -0.1) is 0 Å². The van der Waals surface area contributed by atoms with Crippen LogP contribution in [0.2, 0.25) is 0 Å². The number of hydrogen-bond donors (Lipinski definition) is 0. The summed E-state index contributed by atoms with van der Waals surface area (Å²) in [5.41, 5.74) is 4.60. The van der Waals surface area contributed by atoms with E-state index < -0.39 is 17.4 Å². The number of aryl methyl sites for hydroxylation is 1. The standard InChI is InChI=1S/C36H40FNO5/c1-23(27-15-10-12-24-11-6-7-13-28(24)27)38(35(40)43-36(2,3)4)20-19-26-22-30(29-14-8-9-16-33(29)42-26)25-17-18-32(37)31(21-25)34(39)41-5/h7-10,12-18,21,23,26,30H,6,11,19-20,22H2,1-5H3. The van der Waals surface area contributed by atoms with E-state index in [0.29, 0.717) is 19.4 Å². The summed E-state index contributed by atoms with van der Waals surface area (Å²) >= 11 is 0. The number of methoxy groups -OCH3 is 1. The maximum absolute atomic E-state index is 14.5. The van der Waals surface area contributed by atoms with Crippen molar-refractivity contribution in [3.63, 3.8) is 0 Å². The van der Waals surface area contributed by atoms with Gasteiger partial charge in [-0.2, -0.15) is 0 Å². The molecule has 0 radical (unpaired) electrons. The van der Waals surface area contributed by atoms with Gasteiger partial charge in [-0.05, 0) is 87.4 Å². The number of carbonyl (C=O) groups is 2. The summed E-state index contributed by atoms with van der Waals surface area (Å²) in [5, 5.41) is 0. The van der Waals surface area contributed by atoms with Gasteiger partial charge in [0.1, 0.15) is 23.3 Å². The summed E-state index contributed by atoms with van der Waals surface area (Å²) in [5.74, 6) is -0.715. The van der Waals surface area contributed by atoms with Crippen molar-refractivity contribution in [2.75, 3.05) is 13.7 Å². The molecule has 6 nitrogen and oxygen atoms in total. The fourth-order valence-electron chi connectivity index (χ4n) is 6.08. The molecule has 1 aliphatic heterocycles. The van der Waals surface area contributed by atoms with E-state index in [2.05, 4.69) is 37.3 Å². The number of benzene rings is 3. The molecule has 0 spiro atoms. The van der Waals surface area contributed by atoms with Crippen LogP contribution in [0.4, 0.5) is 9.18 Å². The van der Waals surface area contributed by atoms with Crippen LogP contribution in [0.15, 0.2) is 66.7 Å². The molecule has 3 aromatic rings. The number of halogens is 1. The number of hydrogen-bond acceptors (Lipinski definition) is 5. The molecule has 0 bridgehead atoms. The van der Waals surface area contributed by atoms with Gasteiger partial charge in [-0.1, -0.05) is 54.6 Å². The Morgan fingerprint density at radius 3 is 2.65 bits per heavy atom. The molecular formula is C36H40FNO5. The van der Waals surface area contributed by atoms with Crippen molar-refractivity contribution in [2.24, 2.45) is 0 Å². The molecule has 0 fully saturated rings. The van der Waals surface area contributed by atoms with Crippen molar-refractivity contribution in [3.8, 4) is 5.75 Å². The van der Waals surface area contributed by atoms with Gasteiger partial charge in [0.15, 0.2) is 0 Å². The van der Waals surface area contributed by atoms with Gasteiger partial charge in [-0.3, -0.25) is 0 Å². The molecule has 3 atom stereocenters. The van der Waals surface area contributed by atoms with Crippen molar-refractivity contribution in [2.45, 2.75) is 77.0 Å². The summed E-state index contributed by atoms with van der Waals surface area (Å²) in [4.78, 5) is 27.7. The third-order valence-corrected chi connectivity index (χ3v) is 8.22. The summed E-state index contributed by atoms with van der Waals surface area (Å²) in [6.45, 7) is 8.09. The van der Waals surface area contributed by atoms with Gasteiger partial charge in [-0.25, -0.2) is 14.0 Å². The van der Waals surface area contributed by atoms with E-state index in [9.17, 15) is 14.0 Å². The smallest absolute Gasteiger partial charge is 0.410 e. The van der Waals surface area contributed by atoms with E-state index in [1.165, 1.54) is 24.3 Å². The zero-order chi connectivity index (χ0) is 30.7. The summed E-state index contributed by atoms with van der Waals surface area (Å²) in [6, 6.07) is 18.5. The first-order valence-electron chi connectivity index (χ1n) is 15.0. The molecule has 1 heterocycles. The molecule has 3 aromatic carbocycles. The maximum atomic E-state index is 14.5. The molecule has 1 amide bonds. The second-order valence-electron chi connectivity index (χ2n) is 12.3. The third-order valence-electron chi connectivity index (χ3n) is 8.22. The second-order valence-corrected chi connectivity index (χ2v) is 12.3. The van der Waals surface area contributed by atoms with E-state index in [1.54, 1.807) is 17.0 Å². The Hall–Kier alpha value is -4.13. The Morgan fingerprint density at radius 1 is 1.09 bits per heavy atom. The van der Waals surface area contributed by atoms with Crippen LogP contribution in [0.5, 0.6) is 5.75 Å². The highest BCUT2D eigenvalue weighted by atomic mass is 19.1. The van der Waals surface area contributed by atoms with Crippen molar-refractivity contribution in [1.82, 2.24) is 4.90 Å². The SMILES string of the molecule is COC(=O)c1cc(C2CC(CCN(C(=O)OC(C)(C)C)C(C)c3cccc4c3C=CCC4)Oc3ccccc32)ccc1F. The van der Waals surface area contributed by atoms with Crippen molar-refractivity contribution >= 4 is 18.1 Å². The predicted octanol–water partition coefficient (Wildman–Crippen LogP) is 8.24. The fourth-order valence-corrected chi connectivity index (χ4v) is 6.08. The van der Waals surface area contributed by atoms with Gasteiger partial charge >= 0.3 is 12.1 Å². The lowest BCUT2D eigenvalue weighted by Crippen LogP contribution is -2.41. The van der Waals surface area contributed by atoms with E-state index in [0.717, 1.165) is 35.3 Å². The first-order valence-corrected chi connectivity index (χ1v) is 15.0. The molecule has 226 valence electrons. The summed E-state index contributed by atoms with van der Waals surface area (Å²) < 4.78 is 31.6. The molecule has 0 saturated carbocycles. The number of esters is 1. The van der Waals surface area contributed by atoms with E-state index in [4.69, 9.17) is 14.2 Å². The van der Waals surface area contributed by atoms with Crippen LogP contribution in [-0.4, -0.2) is 42.3 Å². The Bertz CT molecular complexity index is 1520. The predicted molar refractivity (Wildman–Crippen MR) is 165 cm³/mol. The molecule has 0 N–H and O–H groups in total. The van der Waals surface area contributed by atoms with E-state index in [1.807, 2.05) is 45.0 Å². The molecule has 0 aromatic heterocycles. The van der Waals surface area contributed by atoms with Crippen LogP contribution < -0.4 is 4.74 Å². The van der Waals surface area contributed by atoms with Crippen LogP contribution in [0, 0.1) is 5.82 Å². The van der Waals surface area contributed by atoms with E-state index >= 15 is 0 Å². The number of nitrogens with zero attached hydrogens (tertiary/aromatic N) is 1. The Kier molecular flexibility index (Phi) is 8.90. The number of allylic oxidation sites excluding steroid dienone is 1. The minimum Gasteiger partial charge on any atom is -0.490 e. The maximum Gasteiger partial charge on any atom is 0.410 e. The van der Waals surface area contributed by atoms with Crippen molar-refractivity contribution in [1.29, 1.82) is 0 Å². The largest absolute Gasteiger partial charge is 0.490 e. The van der Waals surface area contributed by atoms with Crippen molar-refractivity contribution < 1.29 is 28.2 Å². The highest BCUT2D eigenvalue weighted by Crippen LogP contribution is 2.42. The number of carbonyl (C=O) groups excluding carboxylic acids is 2. The van der Waals surface area contributed by atoms with Gasteiger partial charge in [0.05, 0.1) is 18.7 Å². The summed E-state index contributed by atoms with van der Waals surface area (Å²) in [7, 11) is 1.24. The van der Waals surface area contributed by atoms with Gasteiger partial charge in [0, 0.05) is 24.4 Å². The number of rotatable bonds is 7. The first-order chi connectivity index (χ1) is 20.6. The number of para-hydroxylation sites is 1. The van der Waals surface area contributed by atoms with Crippen LogP contribution in [0.25, 0.3) is 6.08 Å². The minimum absolute atomic E-state index is 0.0920. The molecule has 0 saturated heterocycles. The summed E-state index contributed by atoms with van der Waals surface area (Å²) in [6.07, 6.45) is 6.90. The monoisotopic (exact) mass is 585 g/mol. The van der Waals surface area contributed by atoms with Crippen LogP contribution in [-0.2, 0) is 15.9 Å². The lowest BCUT2D eigenvalue weighted by atomic mass is 9.83. The van der Waals surface area contributed by atoms with Gasteiger partial charge in [0.25, 0.3) is 0 Å². The highest BCUT2D eigenvalue weighted by Gasteiger charge is 2.33. The molecule has 5 rings (SSSR count). The minimum atomic E-state index is -0.712. The average molecular weight is 586 g/mol. The van der Waals surface area contributed by atoms with Gasteiger partial charge < -0.3 is 19.1 Å². The second kappa shape index (κ2) is 12.6. The number of fused-ring (bicyclic) bond motifs is 2. The molecule has 43 heavy (non-hydrogen) atoms. The topological polar surface area (TPSA) is 65.1 Å². The average Bonchev–Trinajstić information content (AvgIpc) is 2.99. The zero-order valence-corrected chi connectivity index (χ0v) is 25.6. The Morgan fingerprint density at radius 2 is 1.88 bits per heavy atom. The van der Waals surface area contributed by atoms with Gasteiger partial charge in [0.2, 0.25) is 0 Å². The molecule has 1 aliphatic carbocycles. The highest BCUT2D eigenvalue weighted by molar-refractivity contribution is 5.89. The van der Waals surface area contributed by atoms with Crippen LogP contribution >= 0.6 is 0 Å². The Labute approximate surface area is 253 Å². The fraction of sp³-hybridized carbons (Fsp3) is 0.389. The normalized spacial score (nSPS) is 18.1. The number of amides is 1. The lowest BCUT2D eigenvalue weighted by Gasteiger charge is -2.36. The molecule has 2 aliphatic rings. The molecule has 3 unspecified atom stereocenters.